The van der Waals surface area contributed by atoms with Gasteiger partial charge in [0.25, 0.3) is 0 Å². The maximum Gasteiger partial charge on any atom is 0.389 e. The Labute approximate surface area is 132 Å². The number of hydrogen-bond donors (Lipinski definition) is 1. The molecule has 2 aliphatic rings. The van der Waals surface area contributed by atoms with Crippen LogP contribution in [-0.4, -0.2) is 17.9 Å². The lowest BCUT2D eigenvalue weighted by Crippen LogP contribution is -2.26. The minimum atomic E-state index is -3.98. The average Bonchev–Trinajstić information content (AvgIpc) is 2.51. The summed E-state index contributed by atoms with van der Waals surface area (Å²) in [6.45, 7) is 0.307. The fourth-order valence-corrected chi connectivity index (χ4v) is 4.64. The van der Waals surface area contributed by atoms with Crippen molar-refractivity contribution in [1.29, 1.82) is 0 Å². The topological polar surface area (TPSA) is 20.2 Å². The van der Waals surface area contributed by atoms with Gasteiger partial charge < -0.3 is 5.11 Å². The Morgan fingerprint density at radius 1 is 0.727 bits per heavy atom. The fraction of sp³-hybridized carbons (Fsp3) is 1.00. The van der Waals surface area contributed by atoms with Crippen molar-refractivity contribution >= 4 is 0 Å². The highest BCUT2D eigenvalue weighted by Crippen LogP contribution is 2.43. The summed E-state index contributed by atoms with van der Waals surface area (Å²) in [7, 11) is 0. The molecule has 0 amide bonds. The number of alkyl halides is 3. The molecule has 0 spiro atoms. The zero-order valence-electron chi connectivity index (χ0n) is 13.6. The van der Waals surface area contributed by atoms with Crippen molar-refractivity contribution in [2.24, 2.45) is 23.7 Å². The van der Waals surface area contributed by atoms with Gasteiger partial charge in [-0.15, -0.1) is 0 Å². The van der Waals surface area contributed by atoms with Gasteiger partial charge in [0.2, 0.25) is 0 Å². The van der Waals surface area contributed by atoms with E-state index in [4.69, 9.17) is 5.11 Å². The zero-order chi connectivity index (χ0) is 16.0. The van der Waals surface area contributed by atoms with Crippen molar-refractivity contribution in [3.63, 3.8) is 0 Å². The van der Waals surface area contributed by atoms with Crippen LogP contribution in [0.4, 0.5) is 13.2 Å². The second-order valence-corrected chi connectivity index (χ2v) is 7.58. The van der Waals surface area contributed by atoms with Crippen molar-refractivity contribution in [2.75, 3.05) is 6.61 Å². The van der Waals surface area contributed by atoms with Crippen LogP contribution in [0.5, 0.6) is 0 Å². The molecular formula is C18H31F3O. The van der Waals surface area contributed by atoms with E-state index in [9.17, 15) is 13.2 Å². The van der Waals surface area contributed by atoms with E-state index >= 15 is 0 Å². The molecule has 2 rings (SSSR count). The summed E-state index contributed by atoms with van der Waals surface area (Å²) in [5, 5.41) is 8.90. The van der Waals surface area contributed by atoms with E-state index in [1.807, 2.05) is 0 Å². The van der Waals surface area contributed by atoms with Crippen LogP contribution in [0.3, 0.4) is 0 Å². The maximum absolute atomic E-state index is 12.3. The zero-order valence-corrected chi connectivity index (χ0v) is 13.6. The molecule has 1 nitrogen and oxygen atoms in total. The Morgan fingerprint density at radius 2 is 1.18 bits per heavy atom. The van der Waals surface area contributed by atoms with E-state index in [0.717, 1.165) is 56.3 Å². The minimum Gasteiger partial charge on any atom is -0.396 e. The van der Waals surface area contributed by atoms with E-state index < -0.39 is 12.6 Å². The smallest absolute Gasteiger partial charge is 0.389 e. The lowest BCUT2D eigenvalue weighted by atomic mass is 9.68. The second kappa shape index (κ2) is 8.56. The van der Waals surface area contributed by atoms with Gasteiger partial charge in [-0.2, -0.15) is 13.2 Å². The molecular weight excluding hydrogens is 289 g/mol. The Kier molecular flexibility index (Phi) is 7.04. The Bertz CT molecular complexity index is 300. The molecule has 0 atom stereocenters. The summed E-state index contributed by atoms with van der Waals surface area (Å²) in [6.07, 6.45) is 7.33. The second-order valence-electron chi connectivity index (χ2n) is 7.58. The van der Waals surface area contributed by atoms with Crippen molar-refractivity contribution in [3.05, 3.63) is 0 Å². The molecule has 1 N–H and O–H groups in total. The highest BCUT2D eigenvalue weighted by atomic mass is 19.4. The van der Waals surface area contributed by atoms with Crippen LogP contribution in [0.15, 0.2) is 0 Å². The van der Waals surface area contributed by atoms with E-state index in [-0.39, 0.29) is 0 Å². The van der Waals surface area contributed by atoms with Gasteiger partial charge in [0.05, 0.1) is 0 Å². The van der Waals surface area contributed by atoms with Crippen LogP contribution in [0.1, 0.15) is 77.0 Å². The van der Waals surface area contributed by atoms with Crippen LogP contribution < -0.4 is 0 Å². The van der Waals surface area contributed by atoms with Gasteiger partial charge in [-0.3, -0.25) is 0 Å². The fourth-order valence-electron chi connectivity index (χ4n) is 4.64. The molecule has 2 fully saturated rings. The number of aliphatic hydroxyl groups is 1. The van der Waals surface area contributed by atoms with E-state index in [1.54, 1.807) is 0 Å². The summed E-state index contributed by atoms with van der Waals surface area (Å²) in [5.74, 6) is 2.68. The highest BCUT2D eigenvalue weighted by Gasteiger charge is 2.33. The van der Waals surface area contributed by atoms with Crippen molar-refractivity contribution in [2.45, 2.75) is 83.2 Å². The Morgan fingerprint density at radius 3 is 1.59 bits per heavy atom. The van der Waals surface area contributed by atoms with Crippen molar-refractivity contribution in [1.82, 2.24) is 0 Å². The number of halogens is 3. The van der Waals surface area contributed by atoms with E-state index in [0.29, 0.717) is 18.9 Å². The number of rotatable bonds is 6. The Hall–Kier alpha value is -0.250. The van der Waals surface area contributed by atoms with Gasteiger partial charge in [0.1, 0.15) is 0 Å². The van der Waals surface area contributed by atoms with Crippen LogP contribution in [0.2, 0.25) is 0 Å². The molecule has 0 aromatic rings. The molecule has 0 unspecified atom stereocenters. The minimum absolute atomic E-state index is 0.304. The first-order valence-corrected chi connectivity index (χ1v) is 9.15. The first kappa shape index (κ1) is 18.1. The molecule has 2 aliphatic carbocycles. The molecule has 0 aliphatic heterocycles. The molecule has 22 heavy (non-hydrogen) atoms. The molecule has 0 radical (unpaired) electrons. The largest absolute Gasteiger partial charge is 0.396 e. The normalized spacial score (nSPS) is 33.8. The van der Waals surface area contributed by atoms with Crippen molar-refractivity contribution in [3.8, 4) is 0 Å². The molecule has 4 heteroatoms. The first-order chi connectivity index (χ1) is 10.5. The van der Waals surface area contributed by atoms with Crippen LogP contribution in [0, 0.1) is 23.7 Å². The van der Waals surface area contributed by atoms with Gasteiger partial charge in [-0.25, -0.2) is 0 Å². The molecule has 0 aromatic carbocycles. The maximum atomic E-state index is 12.3. The predicted octanol–water partition coefficient (Wildman–Crippen LogP) is 5.71. The molecule has 0 heterocycles. The van der Waals surface area contributed by atoms with Gasteiger partial charge in [-0.05, 0) is 68.6 Å². The van der Waals surface area contributed by atoms with Crippen LogP contribution in [0.25, 0.3) is 0 Å². The first-order valence-electron chi connectivity index (χ1n) is 9.15. The van der Waals surface area contributed by atoms with Gasteiger partial charge in [0, 0.05) is 13.0 Å². The summed E-state index contributed by atoms with van der Waals surface area (Å²) < 4.78 is 36.9. The highest BCUT2D eigenvalue weighted by molar-refractivity contribution is 4.82. The molecule has 0 bridgehead atoms. The van der Waals surface area contributed by atoms with E-state index in [2.05, 4.69) is 0 Å². The lowest BCUT2D eigenvalue weighted by Gasteiger charge is -2.38. The molecule has 0 saturated heterocycles. The molecule has 0 aromatic heterocycles. The van der Waals surface area contributed by atoms with E-state index in [1.165, 1.54) is 25.7 Å². The average molecular weight is 320 g/mol. The van der Waals surface area contributed by atoms with Crippen molar-refractivity contribution < 1.29 is 18.3 Å². The molecule has 2 saturated carbocycles. The lowest BCUT2D eigenvalue weighted by molar-refractivity contribution is -0.138. The monoisotopic (exact) mass is 320 g/mol. The SMILES string of the molecule is OCCCC1CCC(C2CCC(CCC(F)(F)F)CC2)CC1. The summed E-state index contributed by atoms with van der Waals surface area (Å²) >= 11 is 0. The third-order valence-electron chi connectivity index (χ3n) is 6.06. The quantitative estimate of drug-likeness (QED) is 0.664. The van der Waals surface area contributed by atoms with Crippen LogP contribution >= 0.6 is 0 Å². The third kappa shape index (κ3) is 6.10. The van der Waals surface area contributed by atoms with Gasteiger partial charge in [-0.1, -0.05) is 25.7 Å². The summed E-state index contributed by atoms with van der Waals surface area (Å²) in [5.41, 5.74) is 0. The number of hydrogen-bond acceptors (Lipinski definition) is 1. The summed E-state index contributed by atoms with van der Waals surface area (Å²) in [4.78, 5) is 0. The van der Waals surface area contributed by atoms with Crippen LogP contribution in [-0.2, 0) is 0 Å². The molecule has 130 valence electrons. The standard InChI is InChI=1S/C18H31F3O/c19-18(20,21)12-11-15-5-9-17(10-6-15)16-7-3-14(4-8-16)2-1-13-22/h14-17,22H,1-13H2. The predicted molar refractivity (Wildman–Crippen MR) is 82.5 cm³/mol. The van der Waals surface area contributed by atoms with Gasteiger partial charge in [0.15, 0.2) is 0 Å². The third-order valence-corrected chi connectivity index (χ3v) is 6.06. The Balaban J connectivity index is 1.63. The summed E-state index contributed by atoms with van der Waals surface area (Å²) in [6, 6.07) is 0. The van der Waals surface area contributed by atoms with Gasteiger partial charge >= 0.3 is 6.18 Å². The number of aliphatic hydroxyl groups excluding tert-OH is 1.